The van der Waals surface area contributed by atoms with Crippen LogP contribution >= 0.6 is 0 Å². The molecule has 1 aromatic heterocycles. The molecule has 2 rings (SSSR count). The van der Waals surface area contributed by atoms with E-state index in [1.165, 1.54) is 0 Å². The van der Waals surface area contributed by atoms with Crippen LogP contribution in [0.3, 0.4) is 0 Å². The molecule has 1 heterocycles. The number of carbonyl (C=O) groups excluding carboxylic acids is 1. The lowest BCUT2D eigenvalue weighted by Gasteiger charge is -2.13. The SMILES string of the molecule is CCc1cccc(C)c1NC(=O)c1cc(NCC(C)C)ccn1. The molecule has 0 saturated heterocycles. The van der Waals surface area contributed by atoms with Gasteiger partial charge in [0.1, 0.15) is 5.69 Å². The molecule has 0 spiro atoms. The normalized spacial score (nSPS) is 10.7. The van der Waals surface area contributed by atoms with Gasteiger partial charge in [-0.15, -0.1) is 0 Å². The van der Waals surface area contributed by atoms with E-state index < -0.39 is 0 Å². The Morgan fingerprint density at radius 1 is 1.26 bits per heavy atom. The molecule has 4 nitrogen and oxygen atoms in total. The molecule has 1 amide bonds. The van der Waals surface area contributed by atoms with Crippen LogP contribution in [0.5, 0.6) is 0 Å². The van der Waals surface area contributed by atoms with Gasteiger partial charge in [0.15, 0.2) is 0 Å². The summed E-state index contributed by atoms with van der Waals surface area (Å²) in [4.78, 5) is 16.7. The summed E-state index contributed by atoms with van der Waals surface area (Å²) in [5.74, 6) is 0.363. The van der Waals surface area contributed by atoms with Crippen molar-refractivity contribution in [2.24, 2.45) is 5.92 Å². The molecule has 0 fully saturated rings. The second-order valence-corrected chi connectivity index (χ2v) is 6.12. The van der Waals surface area contributed by atoms with Crippen LogP contribution in [0.2, 0.25) is 0 Å². The van der Waals surface area contributed by atoms with Crippen molar-refractivity contribution < 1.29 is 4.79 Å². The molecule has 2 N–H and O–H groups in total. The topological polar surface area (TPSA) is 54.0 Å². The molecule has 0 bridgehead atoms. The minimum Gasteiger partial charge on any atom is -0.385 e. The lowest BCUT2D eigenvalue weighted by Crippen LogP contribution is -2.16. The van der Waals surface area contributed by atoms with Crippen LogP contribution in [0.15, 0.2) is 36.5 Å². The largest absolute Gasteiger partial charge is 0.385 e. The molecule has 1 aromatic carbocycles. The van der Waals surface area contributed by atoms with Crippen molar-refractivity contribution in [2.45, 2.75) is 34.1 Å². The number of para-hydroxylation sites is 1. The van der Waals surface area contributed by atoms with Gasteiger partial charge in [-0.05, 0) is 42.5 Å². The molecule has 0 aliphatic carbocycles. The maximum atomic E-state index is 12.5. The number of pyridine rings is 1. The quantitative estimate of drug-likeness (QED) is 0.837. The minimum atomic E-state index is -0.179. The van der Waals surface area contributed by atoms with Crippen molar-refractivity contribution in [2.75, 3.05) is 17.2 Å². The number of nitrogens with one attached hydrogen (secondary N) is 2. The summed E-state index contributed by atoms with van der Waals surface area (Å²) in [6.45, 7) is 9.24. The maximum absolute atomic E-state index is 12.5. The predicted octanol–water partition coefficient (Wildman–Crippen LogP) is 4.27. The summed E-state index contributed by atoms with van der Waals surface area (Å²) < 4.78 is 0. The highest BCUT2D eigenvalue weighted by atomic mass is 16.1. The number of benzene rings is 1. The van der Waals surface area contributed by atoms with Gasteiger partial charge >= 0.3 is 0 Å². The van der Waals surface area contributed by atoms with Gasteiger partial charge in [-0.1, -0.05) is 39.0 Å². The fourth-order valence-electron chi connectivity index (χ4n) is 2.37. The fourth-order valence-corrected chi connectivity index (χ4v) is 2.37. The Hall–Kier alpha value is -2.36. The van der Waals surface area contributed by atoms with Crippen molar-refractivity contribution in [1.82, 2.24) is 4.98 Å². The Morgan fingerprint density at radius 3 is 2.74 bits per heavy atom. The third-order valence-electron chi connectivity index (χ3n) is 3.69. The Bertz CT molecular complexity index is 680. The molecule has 0 radical (unpaired) electrons. The van der Waals surface area contributed by atoms with Gasteiger partial charge in [-0.2, -0.15) is 0 Å². The molecule has 2 aromatic rings. The highest BCUT2D eigenvalue weighted by Crippen LogP contribution is 2.22. The molecule has 0 saturated carbocycles. The number of aryl methyl sites for hydroxylation is 2. The number of aromatic nitrogens is 1. The zero-order valence-electron chi connectivity index (χ0n) is 14.3. The van der Waals surface area contributed by atoms with Crippen molar-refractivity contribution in [3.63, 3.8) is 0 Å². The van der Waals surface area contributed by atoms with Gasteiger partial charge in [0.2, 0.25) is 0 Å². The van der Waals surface area contributed by atoms with Crippen molar-refractivity contribution in [3.8, 4) is 0 Å². The molecule has 0 unspecified atom stereocenters. The Balaban J connectivity index is 2.17. The highest BCUT2D eigenvalue weighted by molar-refractivity contribution is 6.04. The molecule has 0 aliphatic rings. The zero-order valence-corrected chi connectivity index (χ0v) is 14.3. The second-order valence-electron chi connectivity index (χ2n) is 6.12. The van der Waals surface area contributed by atoms with Crippen molar-refractivity contribution in [1.29, 1.82) is 0 Å². The average molecular weight is 311 g/mol. The molecule has 122 valence electrons. The van der Waals surface area contributed by atoms with Crippen LogP contribution in [-0.4, -0.2) is 17.4 Å². The standard InChI is InChI=1S/C19H25N3O/c1-5-15-8-6-7-14(4)18(15)22-19(23)17-11-16(9-10-20-17)21-12-13(2)3/h6-11,13H,5,12H2,1-4H3,(H,20,21)(H,22,23). The van der Waals surface area contributed by atoms with Crippen LogP contribution in [0, 0.1) is 12.8 Å². The Morgan fingerprint density at radius 2 is 2.04 bits per heavy atom. The molecule has 4 heteroatoms. The lowest BCUT2D eigenvalue weighted by molar-refractivity contribution is 0.102. The lowest BCUT2D eigenvalue weighted by atomic mass is 10.1. The van der Waals surface area contributed by atoms with E-state index in [0.29, 0.717) is 11.6 Å². The van der Waals surface area contributed by atoms with Gasteiger partial charge in [0.25, 0.3) is 5.91 Å². The van der Waals surface area contributed by atoms with Crippen LogP contribution in [0.4, 0.5) is 11.4 Å². The molecular weight excluding hydrogens is 286 g/mol. The fraction of sp³-hybridized carbons (Fsp3) is 0.368. The second kappa shape index (κ2) is 7.77. The first-order chi connectivity index (χ1) is 11.0. The van der Waals surface area contributed by atoms with Gasteiger partial charge in [-0.3, -0.25) is 9.78 Å². The van der Waals surface area contributed by atoms with E-state index in [4.69, 9.17) is 0 Å². The average Bonchev–Trinajstić information content (AvgIpc) is 2.55. The van der Waals surface area contributed by atoms with Gasteiger partial charge in [0.05, 0.1) is 0 Å². The molecule has 23 heavy (non-hydrogen) atoms. The predicted molar refractivity (Wildman–Crippen MR) is 96.1 cm³/mol. The van der Waals surface area contributed by atoms with E-state index in [1.54, 1.807) is 12.3 Å². The van der Waals surface area contributed by atoms with E-state index >= 15 is 0 Å². The summed E-state index contributed by atoms with van der Waals surface area (Å²) in [5, 5.41) is 6.33. The van der Waals surface area contributed by atoms with Gasteiger partial charge < -0.3 is 10.6 Å². The molecule has 0 atom stereocenters. The monoisotopic (exact) mass is 311 g/mol. The van der Waals surface area contributed by atoms with Crippen LogP contribution in [-0.2, 0) is 6.42 Å². The van der Waals surface area contributed by atoms with E-state index in [0.717, 1.165) is 35.5 Å². The summed E-state index contributed by atoms with van der Waals surface area (Å²) in [7, 11) is 0. The maximum Gasteiger partial charge on any atom is 0.274 e. The van der Waals surface area contributed by atoms with E-state index in [-0.39, 0.29) is 5.91 Å². The summed E-state index contributed by atoms with van der Waals surface area (Å²) >= 11 is 0. The van der Waals surface area contributed by atoms with E-state index in [1.807, 2.05) is 31.2 Å². The summed E-state index contributed by atoms with van der Waals surface area (Å²) in [6.07, 6.45) is 2.54. The number of amides is 1. The Labute approximate surface area is 138 Å². The number of hydrogen-bond acceptors (Lipinski definition) is 3. The number of nitrogens with zero attached hydrogens (tertiary/aromatic N) is 1. The van der Waals surface area contributed by atoms with Crippen LogP contribution in [0.25, 0.3) is 0 Å². The first-order valence-corrected chi connectivity index (χ1v) is 8.11. The smallest absolute Gasteiger partial charge is 0.274 e. The number of rotatable bonds is 6. The third-order valence-corrected chi connectivity index (χ3v) is 3.69. The van der Waals surface area contributed by atoms with Gasteiger partial charge in [0, 0.05) is 24.1 Å². The number of anilines is 2. The minimum absolute atomic E-state index is 0.179. The van der Waals surface area contributed by atoms with Crippen LogP contribution < -0.4 is 10.6 Å². The first-order valence-electron chi connectivity index (χ1n) is 8.11. The van der Waals surface area contributed by atoms with Crippen LogP contribution in [0.1, 0.15) is 42.4 Å². The Kier molecular flexibility index (Phi) is 5.74. The molecular formula is C19H25N3O. The van der Waals surface area contributed by atoms with Crippen molar-refractivity contribution in [3.05, 3.63) is 53.3 Å². The van der Waals surface area contributed by atoms with E-state index in [2.05, 4.69) is 36.4 Å². The number of carbonyl (C=O) groups is 1. The van der Waals surface area contributed by atoms with E-state index in [9.17, 15) is 4.79 Å². The summed E-state index contributed by atoms with van der Waals surface area (Å²) in [5.41, 5.74) is 4.42. The highest BCUT2D eigenvalue weighted by Gasteiger charge is 2.12. The van der Waals surface area contributed by atoms with Crippen molar-refractivity contribution >= 4 is 17.3 Å². The summed E-state index contributed by atoms with van der Waals surface area (Å²) in [6, 6.07) is 9.73. The zero-order chi connectivity index (χ0) is 16.8. The first kappa shape index (κ1) is 17.0. The van der Waals surface area contributed by atoms with Gasteiger partial charge in [-0.25, -0.2) is 0 Å². The number of hydrogen-bond donors (Lipinski definition) is 2. The third kappa shape index (κ3) is 4.55. The molecule has 0 aliphatic heterocycles.